The second-order valence-electron chi connectivity index (χ2n) is 5.85. The molecular formula is C20H18N2O4. The summed E-state index contributed by atoms with van der Waals surface area (Å²) in [5.74, 6) is -1.09. The summed E-state index contributed by atoms with van der Waals surface area (Å²) < 4.78 is 6.34. The minimum absolute atomic E-state index is 0.243. The lowest BCUT2D eigenvalue weighted by Gasteiger charge is -2.14. The predicted octanol–water partition coefficient (Wildman–Crippen LogP) is 2.57. The first-order chi connectivity index (χ1) is 12.5. The zero-order chi connectivity index (χ0) is 18.5. The molecule has 0 bridgehead atoms. The lowest BCUT2D eigenvalue weighted by atomic mass is 10.1. The number of nitrogens with zero attached hydrogens (tertiary/aromatic N) is 1. The van der Waals surface area contributed by atoms with Crippen LogP contribution in [0.25, 0.3) is 10.8 Å². The SMILES string of the molecule is C[C@H](OC(=O)Cn1ccccc1=O)C(=O)Nc1ccc2ccccc2c1. The van der Waals surface area contributed by atoms with E-state index in [4.69, 9.17) is 4.74 Å². The van der Waals surface area contributed by atoms with Crippen LogP contribution in [0.15, 0.2) is 71.7 Å². The molecule has 0 spiro atoms. The summed E-state index contributed by atoms with van der Waals surface area (Å²) >= 11 is 0. The van der Waals surface area contributed by atoms with Gasteiger partial charge in [0.05, 0.1) is 0 Å². The van der Waals surface area contributed by atoms with Gasteiger partial charge in [-0.1, -0.05) is 36.4 Å². The molecule has 0 fully saturated rings. The number of fused-ring (bicyclic) bond motifs is 1. The van der Waals surface area contributed by atoms with Crippen molar-refractivity contribution < 1.29 is 14.3 Å². The fourth-order valence-corrected chi connectivity index (χ4v) is 2.53. The highest BCUT2D eigenvalue weighted by atomic mass is 16.5. The van der Waals surface area contributed by atoms with Crippen LogP contribution in [-0.2, 0) is 20.9 Å². The quantitative estimate of drug-likeness (QED) is 0.718. The molecule has 0 radical (unpaired) electrons. The Morgan fingerprint density at radius 2 is 1.77 bits per heavy atom. The van der Waals surface area contributed by atoms with Crippen molar-refractivity contribution in [2.45, 2.75) is 19.6 Å². The standard InChI is InChI=1S/C20H18N2O4/c1-14(26-19(24)13-22-11-5-4-8-18(22)23)20(25)21-17-10-9-15-6-2-3-7-16(15)12-17/h2-12,14H,13H2,1H3,(H,21,25)/t14-/m0/s1. The van der Waals surface area contributed by atoms with Gasteiger partial charge in [0.25, 0.3) is 11.5 Å². The van der Waals surface area contributed by atoms with Crippen LogP contribution in [-0.4, -0.2) is 22.5 Å². The lowest BCUT2D eigenvalue weighted by molar-refractivity contribution is -0.153. The van der Waals surface area contributed by atoms with Gasteiger partial charge in [0, 0.05) is 18.0 Å². The van der Waals surface area contributed by atoms with Gasteiger partial charge in [0.1, 0.15) is 6.54 Å². The van der Waals surface area contributed by atoms with Crippen molar-refractivity contribution in [3.05, 3.63) is 77.2 Å². The van der Waals surface area contributed by atoms with E-state index in [1.54, 1.807) is 18.2 Å². The van der Waals surface area contributed by atoms with Gasteiger partial charge in [-0.15, -0.1) is 0 Å². The van der Waals surface area contributed by atoms with Crippen LogP contribution in [0.5, 0.6) is 0 Å². The van der Waals surface area contributed by atoms with Gasteiger partial charge in [-0.3, -0.25) is 14.4 Å². The molecule has 132 valence electrons. The third-order valence-electron chi connectivity index (χ3n) is 3.89. The van der Waals surface area contributed by atoms with Crippen molar-refractivity contribution in [2.24, 2.45) is 0 Å². The number of hydrogen-bond acceptors (Lipinski definition) is 4. The Balaban J connectivity index is 1.60. The van der Waals surface area contributed by atoms with Crippen LogP contribution in [0.3, 0.4) is 0 Å². The Hall–Kier alpha value is -3.41. The van der Waals surface area contributed by atoms with Gasteiger partial charge >= 0.3 is 5.97 Å². The van der Waals surface area contributed by atoms with Crippen LogP contribution in [0.1, 0.15) is 6.92 Å². The van der Waals surface area contributed by atoms with Gasteiger partial charge in [0.15, 0.2) is 6.10 Å². The Morgan fingerprint density at radius 1 is 1.04 bits per heavy atom. The van der Waals surface area contributed by atoms with Crippen molar-refractivity contribution in [3.8, 4) is 0 Å². The van der Waals surface area contributed by atoms with E-state index in [0.29, 0.717) is 5.69 Å². The molecule has 3 aromatic rings. The van der Waals surface area contributed by atoms with E-state index < -0.39 is 18.0 Å². The number of ether oxygens (including phenoxy) is 1. The van der Waals surface area contributed by atoms with Gasteiger partial charge in [0.2, 0.25) is 0 Å². The van der Waals surface area contributed by atoms with E-state index in [9.17, 15) is 14.4 Å². The Bertz CT molecular complexity index is 1010. The molecule has 0 saturated heterocycles. The summed E-state index contributed by atoms with van der Waals surface area (Å²) in [7, 11) is 0. The molecule has 1 heterocycles. The largest absolute Gasteiger partial charge is 0.451 e. The zero-order valence-corrected chi connectivity index (χ0v) is 14.2. The number of pyridine rings is 1. The van der Waals surface area contributed by atoms with Gasteiger partial charge < -0.3 is 14.6 Å². The predicted molar refractivity (Wildman–Crippen MR) is 98.8 cm³/mol. The number of carbonyl (C=O) groups is 2. The van der Waals surface area contributed by atoms with E-state index >= 15 is 0 Å². The number of rotatable bonds is 5. The maximum atomic E-state index is 12.2. The molecule has 1 aromatic heterocycles. The third-order valence-corrected chi connectivity index (χ3v) is 3.89. The summed E-state index contributed by atoms with van der Waals surface area (Å²) in [6.45, 7) is 1.25. The molecule has 6 nitrogen and oxygen atoms in total. The summed E-state index contributed by atoms with van der Waals surface area (Å²) in [4.78, 5) is 35.8. The molecule has 0 aliphatic carbocycles. The highest BCUT2D eigenvalue weighted by Gasteiger charge is 2.18. The highest BCUT2D eigenvalue weighted by Crippen LogP contribution is 2.19. The Labute approximate surface area is 150 Å². The lowest BCUT2D eigenvalue weighted by Crippen LogP contribution is -2.32. The molecule has 0 unspecified atom stereocenters. The molecule has 1 N–H and O–H groups in total. The number of nitrogens with one attached hydrogen (secondary N) is 1. The van der Waals surface area contributed by atoms with Crippen molar-refractivity contribution in [2.75, 3.05) is 5.32 Å². The third kappa shape index (κ3) is 4.16. The Kier molecular flexibility index (Phi) is 5.12. The summed E-state index contributed by atoms with van der Waals surface area (Å²) in [6, 6.07) is 17.9. The first-order valence-electron chi connectivity index (χ1n) is 8.17. The maximum absolute atomic E-state index is 12.2. The van der Waals surface area contributed by atoms with E-state index in [0.717, 1.165) is 10.8 Å². The first-order valence-corrected chi connectivity index (χ1v) is 8.17. The minimum atomic E-state index is -0.978. The topological polar surface area (TPSA) is 77.4 Å². The number of esters is 1. The average molecular weight is 350 g/mol. The van der Waals surface area contributed by atoms with Crippen molar-refractivity contribution >= 4 is 28.3 Å². The smallest absolute Gasteiger partial charge is 0.326 e. The van der Waals surface area contributed by atoms with Gasteiger partial charge in [-0.25, -0.2) is 0 Å². The average Bonchev–Trinajstić information content (AvgIpc) is 2.63. The number of aromatic nitrogens is 1. The van der Waals surface area contributed by atoms with E-state index in [1.807, 2.05) is 36.4 Å². The van der Waals surface area contributed by atoms with Crippen molar-refractivity contribution in [3.63, 3.8) is 0 Å². The van der Waals surface area contributed by atoms with E-state index in [2.05, 4.69) is 5.32 Å². The fourth-order valence-electron chi connectivity index (χ4n) is 2.53. The summed E-state index contributed by atoms with van der Waals surface area (Å²) in [5, 5.41) is 4.80. The van der Waals surface area contributed by atoms with Gasteiger partial charge in [-0.2, -0.15) is 0 Å². The molecule has 3 rings (SSSR count). The molecule has 1 atom stereocenters. The van der Waals surface area contributed by atoms with Crippen LogP contribution in [0, 0.1) is 0 Å². The minimum Gasteiger partial charge on any atom is -0.451 e. The van der Waals surface area contributed by atoms with Crippen molar-refractivity contribution in [1.29, 1.82) is 0 Å². The number of anilines is 1. The molecular weight excluding hydrogens is 332 g/mol. The number of benzene rings is 2. The van der Waals surface area contributed by atoms with Crippen LogP contribution < -0.4 is 10.9 Å². The van der Waals surface area contributed by atoms with Crippen molar-refractivity contribution in [1.82, 2.24) is 4.57 Å². The first kappa shape index (κ1) is 17.4. The second-order valence-corrected chi connectivity index (χ2v) is 5.85. The Morgan fingerprint density at radius 3 is 2.54 bits per heavy atom. The monoisotopic (exact) mass is 350 g/mol. The maximum Gasteiger partial charge on any atom is 0.326 e. The number of amides is 1. The normalized spacial score (nSPS) is 11.7. The highest BCUT2D eigenvalue weighted by molar-refractivity contribution is 5.97. The summed E-state index contributed by atoms with van der Waals surface area (Å²) in [5.41, 5.74) is 0.314. The molecule has 1 amide bonds. The van der Waals surface area contributed by atoms with Gasteiger partial charge in [-0.05, 0) is 35.9 Å². The van der Waals surface area contributed by atoms with Crippen LogP contribution in [0.4, 0.5) is 5.69 Å². The summed E-state index contributed by atoms with van der Waals surface area (Å²) in [6.07, 6.45) is 0.511. The molecule has 2 aromatic carbocycles. The molecule has 0 aliphatic heterocycles. The molecule has 6 heteroatoms. The molecule has 0 saturated carbocycles. The van der Waals surface area contributed by atoms with Crippen LogP contribution >= 0.6 is 0 Å². The molecule has 0 aliphatic rings. The molecule has 26 heavy (non-hydrogen) atoms. The second kappa shape index (κ2) is 7.65. The van der Waals surface area contributed by atoms with E-state index in [1.165, 1.54) is 23.8 Å². The van der Waals surface area contributed by atoms with Crippen LogP contribution in [0.2, 0.25) is 0 Å². The number of hydrogen-bond donors (Lipinski definition) is 1. The number of carbonyl (C=O) groups excluding carboxylic acids is 2. The van der Waals surface area contributed by atoms with E-state index in [-0.39, 0.29) is 12.1 Å². The zero-order valence-electron chi connectivity index (χ0n) is 14.2. The fraction of sp³-hybridized carbons (Fsp3) is 0.150.